The minimum absolute atomic E-state index is 0.190. The molecule has 2 unspecified atom stereocenters. The molecular weight excluding hydrogens is 224 g/mol. The lowest BCUT2D eigenvalue weighted by Gasteiger charge is -2.19. The van der Waals surface area contributed by atoms with Gasteiger partial charge >= 0.3 is 0 Å². The maximum absolute atomic E-state index is 13.0. The Labute approximate surface area is 99.7 Å². The monoisotopic (exact) mass is 241 g/mol. The Hall–Kier alpha value is -1.00. The molecule has 1 aliphatic rings. The molecule has 2 rings (SSSR count). The van der Waals surface area contributed by atoms with E-state index in [1.165, 1.54) is 6.07 Å². The van der Waals surface area contributed by atoms with Crippen molar-refractivity contribution in [2.45, 2.75) is 31.8 Å². The van der Waals surface area contributed by atoms with E-state index in [4.69, 9.17) is 5.11 Å². The first-order chi connectivity index (χ1) is 8.20. The van der Waals surface area contributed by atoms with Crippen LogP contribution in [0.2, 0.25) is 0 Å². The molecule has 2 nitrogen and oxygen atoms in total. The van der Waals surface area contributed by atoms with Crippen molar-refractivity contribution in [2.24, 2.45) is 5.92 Å². The zero-order valence-corrected chi connectivity index (χ0v) is 9.63. The second-order valence-electron chi connectivity index (χ2n) is 4.61. The van der Waals surface area contributed by atoms with Gasteiger partial charge in [-0.2, -0.15) is 0 Å². The van der Waals surface area contributed by atoms with Crippen molar-refractivity contribution in [3.05, 3.63) is 35.4 Å². The predicted molar refractivity (Wildman–Crippen MR) is 61.4 cm³/mol. The molecule has 1 aliphatic carbocycles. The molecule has 2 atom stereocenters. The first-order valence-electron chi connectivity index (χ1n) is 5.99. The lowest BCUT2D eigenvalue weighted by atomic mass is 10.0. The van der Waals surface area contributed by atoms with Crippen molar-refractivity contribution >= 4 is 0 Å². The van der Waals surface area contributed by atoms with E-state index in [2.05, 4.69) is 5.32 Å². The van der Waals surface area contributed by atoms with E-state index in [0.29, 0.717) is 12.5 Å². The maximum Gasteiger partial charge on any atom is 0.159 e. The van der Waals surface area contributed by atoms with E-state index in [9.17, 15) is 8.78 Å². The predicted octanol–water partition coefficient (Wildman–Crippen LogP) is 2.22. The minimum atomic E-state index is -0.817. The first-order valence-corrected chi connectivity index (χ1v) is 5.99. The van der Waals surface area contributed by atoms with Crippen LogP contribution in [0.25, 0.3) is 0 Å². The Morgan fingerprint density at radius 2 is 2.06 bits per heavy atom. The standard InChI is InChI=1S/C13H17F2NO/c14-11-5-4-9(6-12(11)15)7-16-13-3-1-2-10(13)8-17/h4-6,10,13,16-17H,1-3,7-8H2. The topological polar surface area (TPSA) is 32.3 Å². The summed E-state index contributed by atoms with van der Waals surface area (Å²) in [6.45, 7) is 0.702. The number of aliphatic hydroxyl groups is 1. The molecule has 94 valence electrons. The van der Waals surface area contributed by atoms with E-state index in [1.807, 2.05) is 0 Å². The number of rotatable bonds is 4. The highest BCUT2D eigenvalue weighted by Gasteiger charge is 2.25. The summed E-state index contributed by atoms with van der Waals surface area (Å²) >= 11 is 0. The number of hydrogen-bond donors (Lipinski definition) is 2. The highest BCUT2D eigenvalue weighted by atomic mass is 19.2. The largest absolute Gasteiger partial charge is 0.396 e. The van der Waals surface area contributed by atoms with Crippen LogP contribution in [0.5, 0.6) is 0 Å². The van der Waals surface area contributed by atoms with Crippen LogP contribution in [-0.4, -0.2) is 17.8 Å². The summed E-state index contributed by atoms with van der Waals surface area (Å²) in [4.78, 5) is 0. The fraction of sp³-hybridized carbons (Fsp3) is 0.538. The van der Waals surface area contributed by atoms with Gasteiger partial charge in [0.25, 0.3) is 0 Å². The van der Waals surface area contributed by atoms with Crippen molar-refractivity contribution in [1.82, 2.24) is 5.32 Å². The molecule has 4 heteroatoms. The van der Waals surface area contributed by atoms with Crippen LogP contribution in [0, 0.1) is 17.6 Å². The third-order valence-electron chi connectivity index (χ3n) is 3.45. The van der Waals surface area contributed by atoms with E-state index >= 15 is 0 Å². The molecule has 1 aromatic rings. The average Bonchev–Trinajstić information content (AvgIpc) is 2.78. The minimum Gasteiger partial charge on any atom is -0.396 e. The number of nitrogens with one attached hydrogen (secondary N) is 1. The number of aliphatic hydroxyl groups excluding tert-OH is 1. The average molecular weight is 241 g/mol. The zero-order valence-electron chi connectivity index (χ0n) is 9.63. The fourth-order valence-electron chi connectivity index (χ4n) is 2.42. The summed E-state index contributed by atoms with van der Waals surface area (Å²) in [5.41, 5.74) is 0.729. The molecule has 1 aromatic carbocycles. The first kappa shape index (κ1) is 12.5. The molecule has 17 heavy (non-hydrogen) atoms. The van der Waals surface area contributed by atoms with Crippen molar-refractivity contribution in [2.75, 3.05) is 6.61 Å². The molecule has 0 saturated heterocycles. The van der Waals surface area contributed by atoms with Gasteiger partial charge in [0.2, 0.25) is 0 Å². The molecule has 0 aliphatic heterocycles. The van der Waals surface area contributed by atoms with Crippen LogP contribution in [-0.2, 0) is 6.54 Å². The van der Waals surface area contributed by atoms with Gasteiger partial charge in [0, 0.05) is 19.2 Å². The van der Waals surface area contributed by atoms with Gasteiger partial charge in [0.15, 0.2) is 11.6 Å². The Bertz CT molecular complexity index is 384. The van der Waals surface area contributed by atoms with Gasteiger partial charge in [-0.1, -0.05) is 12.5 Å². The SMILES string of the molecule is OCC1CCCC1NCc1ccc(F)c(F)c1. The lowest BCUT2D eigenvalue weighted by molar-refractivity contribution is 0.205. The quantitative estimate of drug-likeness (QED) is 0.847. The van der Waals surface area contributed by atoms with Crippen LogP contribution < -0.4 is 5.32 Å². The van der Waals surface area contributed by atoms with Crippen molar-refractivity contribution in [3.8, 4) is 0 Å². The molecule has 0 amide bonds. The summed E-state index contributed by atoms with van der Waals surface area (Å²) < 4.78 is 25.7. The van der Waals surface area contributed by atoms with Gasteiger partial charge in [0.1, 0.15) is 0 Å². The second-order valence-corrected chi connectivity index (χ2v) is 4.61. The Kier molecular flexibility index (Phi) is 4.07. The highest BCUT2D eigenvalue weighted by Crippen LogP contribution is 2.25. The zero-order chi connectivity index (χ0) is 12.3. The third-order valence-corrected chi connectivity index (χ3v) is 3.45. The Morgan fingerprint density at radius 3 is 2.76 bits per heavy atom. The normalized spacial score (nSPS) is 24.2. The van der Waals surface area contributed by atoms with Gasteiger partial charge in [-0.05, 0) is 36.5 Å². The lowest BCUT2D eigenvalue weighted by Crippen LogP contribution is -2.33. The van der Waals surface area contributed by atoms with Gasteiger partial charge in [-0.15, -0.1) is 0 Å². The van der Waals surface area contributed by atoms with E-state index < -0.39 is 11.6 Å². The molecule has 2 N–H and O–H groups in total. The third kappa shape index (κ3) is 3.01. The Balaban J connectivity index is 1.91. The van der Waals surface area contributed by atoms with Crippen molar-refractivity contribution < 1.29 is 13.9 Å². The second kappa shape index (κ2) is 5.56. The van der Waals surface area contributed by atoms with Crippen LogP contribution in [0.4, 0.5) is 8.78 Å². The van der Waals surface area contributed by atoms with Gasteiger partial charge in [-0.3, -0.25) is 0 Å². The molecule has 0 radical (unpaired) electrons. The summed E-state index contributed by atoms with van der Waals surface area (Å²) in [6, 6.07) is 4.22. The summed E-state index contributed by atoms with van der Waals surface area (Å²) in [5, 5.41) is 12.5. The summed E-state index contributed by atoms with van der Waals surface area (Å²) in [5.74, 6) is -1.34. The van der Waals surface area contributed by atoms with Crippen LogP contribution >= 0.6 is 0 Å². The Morgan fingerprint density at radius 1 is 1.24 bits per heavy atom. The smallest absolute Gasteiger partial charge is 0.159 e. The summed E-state index contributed by atoms with van der Waals surface area (Å²) in [6.07, 6.45) is 3.18. The molecule has 0 spiro atoms. The van der Waals surface area contributed by atoms with Gasteiger partial charge < -0.3 is 10.4 Å². The van der Waals surface area contributed by atoms with E-state index in [1.54, 1.807) is 6.07 Å². The number of benzene rings is 1. The molecule has 0 bridgehead atoms. The van der Waals surface area contributed by atoms with Gasteiger partial charge in [0.05, 0.1) is 0 Å². The number of hydrogen-bond acceptors (Lipinski definition) is 2. The van der Waals surface area contributed by atoms with Gasteiger partial charge in [-0.25, -0.2) is 8.78 Å². The molecule has 0 heterocycles. The molecule has 1 saturated carbocycles. The van der Waals surface area contributed by atoms with Crippen LogP contribution in [0.15, 0.2) is 18.2 Å². The molecule has 1 fully saturated rings. The van der Waals surface area contributed by atoms with Crippen molar-refractivity contribution in [3.63, 3.8) is 0 Å². The molecular formula is C13H17F2NO. The van der Waals surface area contributed by atoms with Crippen molar-refractivity contribution in [1.29, 1.82) is 0 Å². The fourth-order valence-corrected chi connectivity index (χ4v) is 2.42. The maximum atomic E-state index is 13.0. The van der Waals surface area contributed by atoms with Crippen LogP contribution in [0.3, 0.4) is 0 Å². The highest BCUT2D eigenvalue weighted by molar-refractivity contribution is 5.17. The molecule has 0 aromatic heterocycles. The number of halogens is 2. The van der Waals surface area contributed by atoms with E-state index in [-0.39, 0.29) is 12.6 Å². The van der Waals surface area contributed by atoms with E-state index in [0.717, 1.165) is 30.9 Å². The summed E-state index contributed by atoms with van der Waals surface area (Å²) in [7, 11) is 0. The van der Waals surface area contributed by atoms with Crippen LogP contribution in [0.1, 0.15) is 24.8 Å².